The lowest BCUT2D eigenvalue weighted by molar-refractivity contribution is -0.0375. The highest BCUT2D eigenvalue weighted by atomic mass is 16.5. The summed E-state index contributed by atoms with van der Waals surface area (Å²) in [6, 6.07) is 0. The average Bonchev–Trinajstić information content (AvgIpc) is 3.24. The number of aromatic nitrogens is 3. The molecule has 2 fully saturated rings. The first kappa shape index (κ1) is 16.7. The van der Waals surface area contributed by atoms with E-state index < -0.39 is 5.60 Å². The Balaban J connectivity index is 1.42. The molecule has 2 aromatic rings. The van der Waals surface area contributed by atoms with Crippen molar-refractivity contribution in [2.24, 2.45) is 0 Å². The van der Waals surface area contributed by atoms with Gasteiger partial charge in [0.1, 0.15) is 5.76 Å². The van der Waals surface area contributed by atoms with Crippen molar-refractivity contribution in [2.45, 2.75) is 70.4 Å². The van der Waals surface area contributed by atoms with Gasteiger partial charge in [0, 0.05) is 24.6 Å². The molecule has 7 heteroatoms. The van der Waals surface area contributed by atoms with Gasteiger partial charge in [-0.3, -0.25) is 4.90 Å². The fraction of sp³-hybridized carbons (Fsp3) is 0.722. The fourth-order valence-electron chi connectivity index (χ4n) is 3.76. The summed E-state index contributed by atoms with van der Waals surface area (Å²) in [6.45, 7) is 6.36. The first-order valence-electron chi connectivity index (χ1n) is 9.27. The lowest BCUT2D eigenvalue weighted by Crippen LogP contribution is -2.49. The molecule has 136 valence electrons. The molecule has 1 saturated heterocycles. The number of aryl methyl sites for hydroxylation is 2. The van der Waals surface area contributed by atoms with Crippen LogP contribution in [-0.2, 0) is 19.4 Å². The maximum atomic E-state index is 11.1. The van der Waals surface area contributed by atoms with Crippen molar-refractivity contribution >= 4 is 0 Å². The molecule has 0 spiro atoms. The van der Waals surface area contributed by atoms with Gasteiger partial charge in [0.15, 0.2) is 5.82 Å². The van der Waals surface area contributed by atoms with Crippen LogP contribution in [0.15, 0.2) is 9.05 Å². The van der Waals surface area contributed by atoms with Gasteiger partial charge in [0.2, 0.25) is 5.89 Å². The van der Waals surface area contributed by atoms with Crippen LogP contribution in [0.2, 0.25) is 0 Å². The zero-order valence-electron chi connectivity index (χ0n) is 15.0. The molecule has 3 heterocycles. The van der Waals surface area contributed by atoms with E-state index in [0.717, 1.165) is 68.0 Å². The SMILES string of the molecule is CCc1noc(C)c1CN1CCCC(O)(Cc2nc(C3CC3)no2)C1. The molecule has 4 rings (SSSR count). The van der Waals surface area contributed by atoms with Crippen LogP contribution in [0.5, 0.6) is 0 Å². The predicted molar refractivity (Wildman–Crippen MR) is 90.1 cm³/mol. The Morgan fingerprint density at radius 1 is 1.28 bits per heavy atom. The summed E-state index contributed by atoms with van der Waals surface area (Å²) in [4.78, 5) is 6.75. The molecular formula is C18H26N4O3. The minimum absolute atomic E-state index is 0.423. The van der Waals surface area contributed by atoms with Gasteiger partial charge in [0.25, 0.3) is 0 Å². The Morgan fingerprint density at radius 2 is 2.12 bits per heavy atom. The predicted octanol–water partition coefficient (Wildman–Crippen LogP) is 2.38. The Bertz CT molecular complexity index is 737. The van der Waals surface area contributed by atoms with Crippen LogP contribution < -0.4 is 0 Å². The van der Waals surface area contributed by atoms with Crippen LogP contribution in [0.25, 0.3) is 0 Å². The van der Waals surface area contributed by atoms with Gasteiger partial charge in [-0.05, 0) is 45.6 Å². The van der Waals surface area contributed by atoms with Crippen molar-refractivity contribution in [3.63, 3.8) is 0 Å². The van der Waals surface area contributed by atoms with Crippen molar-refractivity contribution < 1.29 is 14.2 Å². The largest absolute Gasteiger partial charge is 0.388 e. The lowest BCUT2D eigenvalue weighted by Gasteiger charge is -2.38. The second-order valence-corrected chi connectivity index (χ2v) is 7.55. The molecule has 0 aromatic carbocycles. The van der Waals surface area contributed by atoms with Crippen molar-refractivity contribution in [3.05, 3.63) is 28.7 Å². The molecule has 1 aliphatic carbocycles. The summed E-state index contributed by atoms with van der Waals surface area (Å²) >= 11 is 0. The first-order chi connectivity index (χ1) is 12.1. The van der Waals surface area contributed by atoms with Gasteiger partial charge in [-0.25, -0.2) is 0 Å². The van der Waals surface area contributed by atoms with Gasteiger partial charge in [-0.2, -0.15) is 4.98 Å². The number of rotatable bonds is 6. The molecule has 1 atom stereocenters. The smallest absolute Gasteiger partial charge is 0.229 e. The summed E-state index contributed by atoms with van der Waals surface area (Å²) < 4.78 is 10.7. The van der Waals surface area contributed by atoms with Crippen LogP contribution in [0.4, 0.5) is 0 Å². The molecule has 25 heavy (non-hydrogen) atoms. The van der Waals surface area contributed by atoms with E-state index in [9.17, 15) is 5.11 Å². The average molecular weight is 346 g/mol. The van der Waals surface area contributed by atoms with E-state index in [1.54, 1.807) is 0 Å². The van der Waals surface area contributed by atoms with Gasteiger partial charge in [-0.1, -0.05) is 17.2 Å². The minimum atomic E-state index is -0.816. The number of β-amino-alcohol motifs (C(OH)–C–C–N with tert-alkyl or cyclic N) is 1. The summed E-state index contributed by atoms with van der Waals surface area (Å²) in [6.07, 6.45) is 5.28. The third-order valence-electron chi connectivity index (χ3n) is 5.32. The Labute approximate surface area is 147 Å². The highest BCUT2D eigenvalue weighted by Gasteiger charge is 2.37. The topological polar surface area (TPSA) is 88.4 Å². The van der Waals surface area contributed by atoms with Crippen LogP contribution in [0.3, 0.4) is 0 Å². The second kappa shape index (κ2) is 6.53. The molecule has 1 aliphatic heterocycles. The summed E-state index contributed by atoms with van der Waals surface area (Å²) in [5.41, 5.74) is 1.35. The van der Waals surface area contributed by atoms with Crippen LogP contribution >= 0.6 is 0 Å². The molecule has 1 N–H and O–H groups in total. The van der Waals surface area contributed by atoms with Crippen molar-refractivity contribution in [1.29, 1.82) is 0 Å². The second-order valence-electron chi connectivity index (χ2n) is 7.55. The summed E-state index contributed by atoms with van der Waals surface area (Å²) in [5, 5.41) is 19.3. The van der Waals surface area contributed by atoms with E-state index in [2.05, 4.69) is 27.1 Å². The van der Waals surface area contributed by atoms with Crippen molar-refractivity contribution in [2.75, 3.05) is 13.1 Å². The van der Waals surface area contributed by atoms with Gasteiger partial charge in [-0.15, -0.1) is 0 Å². The van der Waals surface area contributed by atoms with Gasteiger partial charge in [0.05, 0.1) is 17.7 Å². The highest BCUT2D eigenvalue weighted by Crippen LogP contribution is 2.38. The van der Waals surface area contributed by atoms with E-state index in [4.69, 9.17) is 9.05 Å². The Hall–Kier alpha value is -1.73. The first-order valence-corrected chi connectivity index (χ1v) is 9.27. The van der Waals surface area contributed by atoms with E-state index in [-0.39, 0.29) is 0 Å². The lowest BCUT2D eigenvalue weighted by atomic mass is 9.89. The molecule has 1 unspecified atom stereocenters. The van der Waals surface area contributed by atoms with E-state index >= 15 is 0 Å². The molecule has 7 nitrogen and oxygen atoms in total. The molecule has 0 amide bonds. The maximum Gasteiger partial charge on any atom is 0.229 e. The third-order valence-corrected chi connectivity index (χ3v) is 5.32. The molecule has 2 aliphatic rings. The molecule has 1 saturated carbocycles. The van der Waals surface area contributed by atoms with Crippen LogP contribution in [0.1, 0.15) is 67.3 Å². The van der Waals surface area contributed by atoms with Crippen molar-refractivity contribution in [3.8, 4) is 0 Å². The zero-order chi connectivity index (χ0) is 17.4. The minimum Gasteiger partial charge on any atom is -0.388 e. The Morgan fingerprint density at radius 3 is 2.88 bits per heavy atom. The monoisotopic (exact) mass is 346 g/mol. The number of hydrogen-bond acceptors (Lipinski definition) is 7. The molecule has 0 bridgehead atoms. The summed E-state index contributed by atoms with van der Waals surface area (Å²) in [5.74, 6) is 2.71. The van der Waals surface area contributed by atoms with Crippen LogP contribution in [-0.4, -0.2) is 44.0 Å². The molecule has 2 aromatic heterocycles. The Kier molecular flexibility index (Phi) is 4.37. The quantitative estimate of drug-likeness (QED) is 0.859. The number of aliphatic hydroxyl groups is 1. The fourth-order valence-corrected chi connectivity index (χ4v) is 3.76. The molecule has 0 radical (unpaired) electrons. The number of hydrogen-bond donors (Lipinski definition) is 1. The number of likely N-dealkylation sites (tertiary alicyclic amines) is 1. The maximum absolute atomic E-state index is 11.1. The highest BCUT2D eigenvalue weighted by molar-refractivity contribution is 5.22. The number of nitrogens with zero attached hydrogens (tertiary/aromatic N) is 4. The van der Waals surface area contributed by atoms with Gasteiger partial charge >= 0.3 is 0 Å². The summed E-state index contributed by atoms with van der Waals surface area (Å²) in [7, 11) is 0. The van der Waals surface area contributed by atoms with E-state index in [0.29, 0.717) is 24.8 Å². The van der Waals surface area contributed by atoms with Crippen molar-refractivity contribution in [1.82, 2.24) is 20.2 Å². The van der Waals surface area contributed by atoms with Gasteiger partial charge < -0.3 is 14.2 Å². The third kappa shape index (κ3) is 3.62. The van der Waals surface area contributed by atoms with E-state index in [1.807, 2.05) is 6.92 Å². The normalized spacial score (nSPS) is 24.8. The standard InChI is InChI=1S/C18H26N4O3/c1-3-15-14(12(2)24-20-15)10-22-8-4-7-18(23,11-22)9-16-19-17(21-25-16)13-5-6-13/h13,23H,3-11H2,1-2H3. The van der Waals surface area contributed by atoms with Crippen LogP contribution in [0, 0.1) is 6.92 Å². The van der Waals surface area contributed by atoms with E-state index in [1.165, 1.54) is 0 Å². The zero-order valence-corrected chi connectivity index (χ0v) is 15.0. The molecular weight excluding hydrogens is 320 g/mol. The number of piperidine rings is 1.